The van der Waals surface area contributed by atoms with E-state index in [9.17, 15) is 0 Å². The van der Waals surface area contributed by atoms with Gasteiger partial charge in [0.05, 0.1) is 12.8 Å². The Hall–Kier alpha value is -0.800. The molecule has 3 heteroatoms. The number of likely N-dealkylation sites (N-methyl/N-ethyl adjacent to an activating group) is 1. The molecule has 1 aliphatic rings. The number of rotatable bonds is 7. The minimum atomic E-state index is 0.580. The van der Waals surface area contributed by atoms with E-state index in [-0.39, 0.29) is 0 Å². The molecule has 1 unspecified atom stereocenters. The molecule has 2 rings (SSSR count). The van der Waals surface area contributed by atoms with Crippen LogP contribution in [0.2, 0.25) is 0 Å². The van der Waals surface area contributed by atoms with Crippen LogP contribution in [0.15, 0.2) is 22.8 Å². The zero-order valence-electron chi connectivity index (χ0n) is 12.4. The largest absolute Gasteiger partial charge is 0.468 e. The van der Waals surface area contributed by atoms with Gasteiger partial charge < -0.3 is 14.6 Å². The van der Waals surface area contributed by atoms with E-state index in [4.69, 9.17) is 4.42 Å². The average Bonchev–Trinajstić information content (AvgIpc) is 2.93. The molecule has 1 heterocycles. The lowest BCUT2D eigenvalue weighted by Crippen LogP contribution is -2.40. The van der Waals surface area contributed by atoms with Crippen LogP contribution >= 0.6 is 0 Å². The molecule has 3 nitrogen and oxygen atoms in total. The summed E-state index contributed by atoms with van der Waals surface area (Å²) in [6.07, 6.45) is 8.90. The number of hydrogen-bond acceptors (Lipinski definition) is 3. The monoisotopic (exact) mass is 264 g/mol. The maximum atomic E-state index is 5.32. The maximum absolute atomic E-state index is 5.32. The minimum Gasteiger partial charge on any atom is -0.468 e. The topological polar surface area (TPSA) is 28.4 Å². The molecule has 0 aromatic carbocycles. The van der Waals surface area contributed by atoms with Crippen LogP contribution in [-0.4, -0.2) is 31.1 Å². The van der Waals surface area contributed by atoms with Crippen LogP contribution in [-0.2, 0) is 6.54 Å². The second-order valence-corrected chi connectivity index (χ2v) is 6.00. The molecule has 1 saturated carbocycles. The zero-order chi connectivity index (χ0) is 13.5. The van der Waals surface area contributed by atoms with E-state index in [2.05, 4.69) is 24.2 Å². The molecule has 108 valence electrons. The van der Waals surface area contributed by atoms with E-state index in [1.54, 1.807) is 6.26 Å². The molecule has 0 aliphatic heterocycles. The molecule has 1 aliphatic carbocycles. The molecular formula is C16H28N2O. The molecule has 0 bridgehead atoms. The van der Waals surface area contributed by atoms with Gasteiger partial charge in [-0.2, -0.15) is 0 Å². The predicted molar refractivity (Wildman–Crippen MR) is 79.1 cm³/mol. The summed E-state index contributed by atoms with van der Waals surface area (Å²) in [5.74, 6) is 1.94. The van der Waals surface area contributed by atoms with Crippen LogP contribution in [0.25, 0.3) is 0 Å². The summed E-state index contributed by atoms with van der Waals surface area (Å²) in [7, 11) is 2.26. The summed E-state index contributed by atoms with van der Waals surface area (Å²) in [6.45, 7) is 5.40. The fourth-order valence-electron chi connectivity index (χ4n) is 2.93. The number of nitrogens with one attached hydrogen (secondary N) is 1. The van der Waals surface area contributed by atoms with Crippen LogP contribution in [0.1, 0.15) is 44.8 Å². The SMILES string of the molecule is CC(CNCc1ccco1)N(C)CC1CCCCC1. The van der Waals surface area contributed by atoms with Gasteiger partial charge in [0.25, 0.3) is 0 Å². The Morgan fingerprint density at radius 2 is 2.16 bits per heavy atom. The summed E-state index contributed by atoms with van der Waals surface area (Å²) in [4.78, 5) is 2.51. The van der Waals surface area contributed by atoms with Gasteiger partial charge in [0.15, 0.2) is 0 Å². The van der Waals surface area contributed by atoms with E-state index >= 15 is 0 Å². The molecule has 1 aromatic heterocycles. The van der Waals surface area contributed by atoms with Crippen molar-refractivity contribution in [1.82, 2.24) is 10.2 Å². The van der Waals surface area contributed by atoms with Gasteiger partial charge in [0.1, 0.15) is 5.76 Å². The van der Waals surface area contributed by atoms with Crippen molar-refractivity contribution in [3.63, 3.8) is 0 Å². The van der Waals surface area contributed by atoms with Crippen LogP contribution in [0, 0.1) is 5.92 Å². The highest BCUT2D eigenvalue weighted by Gasteiger charge is 2.17. The Morgan fingerprint density at radius 3 is 2.84 bits per heavy atom. The lowest BCUT2D eigenvalue weighted by atomic mass is 9.89. The highest BCUT2D eigenvalue weighted by atomic mass is 16.3. The first kappa shape index (κ1) is 14.6. The molecule has 1 aromatic rings. The van der Waals surface area contributed by atoms with Crippen LogP contribution < -0.4 is 5.32 Å². The average molecular weight is 264 g/mol. The summed E-state index contributed by atoms with van der Waals surface area (Å²) in [5.41, 5.74) is 0. The first-order valence-electron chi connectivity index (χ1n) is 7.69. The number of hydrogen-bond donors (Lipinski definition) is 1. The van der Waals surface area contributed by atoms with Gasteiger partial charge in [-0.3, -0.25) is 0 Å². The molecule has 0 amide bonds. The van der Waals surface area contributed by atoms with Crippen LogP contribution in [0.4, 0.5) is 0 Å². The van der Waals surface area contributed by atoms with E-state index < -0.39 is 0 Å². The lowest BCUT2D eigenvalue weighted by molar-refractivity contribution is 0.187. The Balaban J connectivity index is 1.62. The van der Waals surface area contributed by atoms with Crippen molar-refractivity contribution in [2.75, 3.05) is 20.1 Å². The molecule has 1 fully saturated rings. The van der Waals surface area contributed by atoms with Crippen molar-refractivity contribution >= 4 is 0 Å². The third kappa shape index (κ3) is 5.00. The van der Waals surface area contributed by atoms with Crippen molar-refractivity contribution < 1.29 is 4.42 Å². The van der Waals surface area contributed by atoms with Gasteiger partial charge in [0, 0.05) is 19.1 Å². The second-order valence-electron chi connectivity index (χ2n) is 6.00. The van der Waals surface area contributed by atoms with Gasteiger partial charge in [-0.05, 0) is 44.9 Å². The van der Waals surface area contributed by atoms with Gasteiger partial charge in [0.2, 0.25) is 0 Å². The summed E-state index contributed by atoms with van der Waals surface area (Å²) in [6, 6.07) is 4.54. The molecule has 19 heavy (non-hydrogen) atoms. The quantitative estimate of drug-likeness (QED) is 0.819. The van der Waals surface area contributed by atoms with Gasteiger partial charge in [-0.1, -0.05) is 19.3 Å². The van der Waals surface area contributed by atoms with Crippen LogP contribution in [0.5, 0.6) is 0 Å². The van der Waals surface area contributed by atoms with E-state index in [0.29, 0.717) is 6.04 Å². The Labute approximate surface area is 117 Å². The Bertz CT molecular complexity index is 331. The highest BCUT2D eigenvalue weighted by Crippen LogP contribution is 2.24. The third-order valence-corrected chi connectivity index (χ3v) is 4.34. The first-order valence-corrected chi connectivity index (χ1v) is 7.69. The van der Waals surface area contributed by atoms with Crippen LogP contribution in [0.3, 0.4) is 0 Å². The highest BCUT2D eigenvalue weighted by molar-refractivity contribution is 4.97. The number of furan rings is 1. The molecule has 1 N–H and O–H groups in total. The summed E-state index contributed by atoms with van der Waals surface area (Å²) in [5, 5.41) is 3.47. The first-order chi connectivity index (χ1) is 9.25. The van der Waals surface area contributed by atoms with Crippen molar-refractivity contribution in [2.45, 2.75) is 51.6 Å². The molecule has 1 atom stereocenters. The van der Waals surface area contributed by atoms with Gasteiger partial charge in [-0.15, -0.1) is 0 Å². The normalized spacial score (nSPS) is 18.9. The van der Waals surface area contributed by atoms with Gasteiger partial charge >= 0.3 is 0 Å². The van der Waals surface area contributed by atoms with Crippen molar-refractivity contribution in [2.24, 2.45) is 5.92 Å². The second kappa shape index (κ2) is 7.71. The molecule has 0 saturated heterocycles. The Morgan fingerprint density at radius 1 is 1.37 bits per heavy atom. The molecule has 0 spiro atoms. The smallest absolute Gasteiger partial charge is 0.117 e. The summed E-state index contributed by atoms with van der Waals surface area (Å²) >= 11 is 0. The minimum absolute atomic E-state index is 0.580. The third-order valence-electron chi connectivity index (χ3n) is 4.34. The fraction of sp³-hybridized carbons (Fsp3) is 0.750. The maximum Gasteiger partial charge on any atom is 0.117 e. The molecular weight excluding hydrogens is 236 g/mol. The standard InChI is InChI=1S/C16H28N2O/c1-14(11-17-12-16-9-6-10-19-16)18(2)13-15-7-4-3-5-8-15/h6,9-10,14-15,17H,3-5,7-8,11-13H2,1-2H3. The summed E-state index contributed by atoms with van der Waals surface area (Å²) < 4.78 is 5.32. The van der Waals surface area contributed by atoms with Gasteiger partial charge in [-0.25, -0.2) is 0 Å². The Kier molecular flexibility index (Phi) is 5.93. The van der Waals surface area contributed by atoms with Crippen molar-refractivity contribution in [1.29, 1.82) is 0 Å². The fourth-order valence-corrected chi connectivity index (χ4v) is 2.93. The zero-order valence-corrected chi connectivity index (χ0v) is 12.4. The van der Waals surface area contributed by atoms with Crippen molar-refractivity contribution in [3.05, 3.63) is 24.2 Å². The van der Waals surface area contributed by atoms with Crippen molar-refractivity contribution in [3.8, 4) is 0 Å². The van der Waals surface area contributed by atoms with E-state index in [1.165, 1.54) is 38.6 Å². The predicted octanol–water partition coefficient (Wildman–Crippen LogP) is 3.27. The molecule has 0 radical (unpaired) electrons. The van der Waals surface area contributed by atoms with E-state index in [0.717, 1.165) is 24.8 Å². The van der Waals surface area contributed by atoms with E-state index in [1.807, 2.05) is 12.1 Å². The number of nitrogens with zero attached hydrogens (tertiary/aromatic N) is 1. The lowest BCUT2D eigenvalue weighted by Gasteiger charge is -2.31.